The molecule has 0 amide bonds. The number of rotatable bonds is 4. The summed E-state index contributed by atoms with van der Waals surface area (Å²) in [5.74, 6) is -1.20. The second-order valence-electron chi connectivity index (χ2n) is 4.25. The Morgan fingerprint density at radius 1 is 1.20 bits per heavy atom. The van der Waals surface area contributed by atoms with Crippen LogP contribution in [0.2, 0.25) is 0 Å². The van der Waals surface area contributed by atoms with Gasteiger partial charge in [-0.1, -0.05) is 40.2 Å². The summed E-state index contributed by atoms with van der Waals surface area (Å²) in [7, 11) is -2.60. The summed E-state index contributed by atoms with van der Waals surface area (Å²) in [6, 6.07) is 10.2. The van der Waals surface area contributed by atoms with Gasteiger partial charge in [-0.2, -0.15) is 4.31 Å². The lowest BCUT2D eigenvalue weighted by Gasteiger charge is -2.16. The second kappa shape index (κ2) is 5.51. The topological polar surface area (TPSA) is 74.7 Å². The third-order valence-electron chi connectivity index (χ3n) is 2.88. The molecule has 0 fully saturated rings. The summed E-state index contributed by atoms with van der Waals surface area (Å²) in [6.07, 6.45) is 0. The molecule has 2 aromatic rings. The van der Waals surface area contributed by atoms with Crippen molar-refractivity contribution in [3.05, 3.63) is 40.9 Å². The summed E-state index contributed by atoms with van der Waals surface area (Å²) in [5.41, 5.74) is 0. The van der Waals surface area contributed by atoms with Crippen molar-refractivity contribution in [2.45, 2.75) is 4.90 Å². The van der Waals surface area contributed by atoms with Crippen LogP contribution in [0.4, 0.5) is 0 Å². The van der Waals surface area contributed by atoms with E-state index in [9.17, 15) is 13.2 Å². The SMILES string of the molecule is CN(CC(=O)O)S(=O)(=O)c1ccc(Br)c2ccccc12. The average molecular weight is 358 g/mol. The lowest BCUT2D eigenvalue weighted by Crippen LogP contribution is -2.32. The number of likely N-dealkylation sites (N-methyl/N-ethyl adjacent to an activating group) is 1. The summed E-state index contributed by atoms with van der Waals surface area (Å²) in [5, 5.41) is 10.1. The molecule has 2 aromatic carbocycles. The van der Waals surface area contributed by atoms with Crippen LogP contribution in [0, 0.1) is 0 Å². The first kappa shape index (κ1) is 15.0. The van der Waals surface area contributed by atoms with Crippen molar-refractivity contribution in [3.8, 4) is 0 Å². The first-order chi connectivity index (χ1) is 9.34. The number of halogens is 1. The third kappa shape index (κ3) is 2.70. The molecular weight excluding hydrogens is 346 g/mol. The van der Waals surface area contributed by atoms with Gasteiger partial charge in [-0.25, -0.2) is 8.42 Å². The van der Waals surface area contributed by atoms with Crippen LogP contribution in [0.1, 0.15) is 0 Å². The number of benzene rings is 2. The van der Waals surface area contributed by atoms with Gasteiger partial charge >= 0.3 is 5.97 Å². The van der Waals surface area contributed by atoms with Crippen molar-refractivity contribution < 1.29 is 18.3 Å². The molecule has 0 aliphatic heterocycles. The average Bonchev–Trinajstić information content (AvgIpc) is 2.38. The highest BCUT2D eigenvalue weighted by atomic mass is 79.9. The molecular formula is C13H12BrNO4S. The number of fused-ring (bicyclic) bond motifs is 1. The van der Waals surface area contributed by atoms with Crippen molar-refractivity contribution in [1.82, 2.24) is 4.31 Å². The molecule has 7 heteroatoms. The number of hydrogen-bond donors (Lipinski definition) is 1. The molecule has 0 bridgehead atoms. The Labute approximate surface area is 125 Å². The van der Waals surface area contributed by atoms with E-state index < -0.39 is 22.5 Å². The number of carboxylic acids is 1. The second-order valence-corrected chi connectivity index (χ2v) is 7.11. The smallest absolute Gasteiger partial charge is 0.318 e. The molecule has 0 aliphatic rings. The summed E-state index contributed by atoms with van der Waals surface area (Å²) in [6.45, 7) is -0.577. The van der Waals surface area contributed by atoms with E-state index in [0.29, 0.717) is 5.39 Å². The number of aliphatic carboxylic acids is 1. The summed E-state index contributed by atoms with van der Waals surface area (Å²) < 4.78 is 26.5. The van der Waals surface area contributed by atoms with Crippen LogP contribution in [0.5, 0.6) is 0 Å². The predicted octanol–water partition coefficient (Wildman–Crippen LogP) is 2.31. The quantitative estimate of drug-likeness (QED) is 0.910. The lowest BCUT2D eigenvalue weighted by atomic mass is 10.1. The molecule has 5 nitrogen and oxygen atoms in total. The minimum atomic E-state index is -3.85. The minimum absolute atomic E-state index is 0.0973. The Morgan fingerprint density at radius 3 is 2.40 bits per heavy atom. The maximum Gasteiger partial charge on any atom is 0.318 e. The van der Waals surface area contributed by atoms with Crippen molar-refractivity contribution in [1.29, 1.82) is 0 Å². The van der Waals surface area contributed by atoms with Gasteiger partial charge in [-0.3, -0.25) is 4.79 Å². The Kier molecular flexibility index (Phi) is 4.12. The van der Waals surface area contributed by atoms with E-state index >= 15 is 0 Å². The Morgan fingerprint density at radius 2 is 1.80 bits per heavy atom. The Hall–Kier alpha value is -1.44. The van der Waals surface area contributed by atoms with E-state index in [1.165, 1.54) is 13.1 Å². The molecule has 0 atom stereocenters. The maximum absolute atomic E-state index is 12.4. The molecule has 2 rings (SSSR count). The number of sulfonamides is 1. The fourth-order valence-corrected chi connectivity index (χ4v) is 3.69. The molecule has 20 heavy (non-hydrogen) atoms. The van der Waals surface area contributed by atoms with Crippen molar-refractivity contribution in [2.24, 2.45) is 0 Å². The number of nitrogens with zero attached hydrogens (tertiary/aromatic N) is 1. The molecule has 0 unspecified atom stereocenters. The van der Waals surface area contributed by atoms with Crippen LogP contribution in [0.3, 0.4) is 0 Å². The third-order valence-corrected chi connectivity index (χ3v) is 5.43. The number of hydrogen-bond acceptors (Lipinski definition) is 3. The van der Waals surface area contributed by atoms with Gasteiger partial charge in [0, 0.05) is 16.9 Å². The van der Waals surface area contributed by atoms with E-state index in [1.54, 1.807) is 24.3 Å². The Bertz CT molecular complexity index is 773. The van der Waals surface area contributed by atoms with Crippen LogP contribution in [-0.4, -0.2) is 37.4 Å². The lowest BCUT2D eigenvalue weighted by molar-refractivity contribution is -0.137. The van der Waals surface area contributed by atoms with Crippen molar-refractivity contribution in [2.75, 3.05) is 13.6 Å². The van der Waals surface area contributed by atoms with E-state index in [2.05, 4.69) is 15.9 Å². The van der Waals surface area contributed by atoms with Crippen LogP contribution in [0.25, 0.3) is 10.8 Å². The zero-order valence-electron chi connectivity index (χ0n) is 10.6. The molecule has 0 spiro atoms. The highest BCUT2D eigenvalue weighted by Crippen LogP contribution is 2.30. The van der Waals surface area contributed by atoms with Crippen molar-refractivity contribution >= 4 is 42.7 Å². The largest absolute Gasteiger partial charge is 0.480 e. The molecule has 0 radical (unpaired) electrons. The summed E-state index contributed by atoms with van der Waals surface area (Å²) in [4.78, 5) is 10.8. The van der Waals surface area contributed by atoms with Gasteiger partial charge in [-0.15, -0.1) is 0 Å². The van der Waals surface area contributed by atoms with Gasteiger partial charge in [0.1, 0.15) is 6.54 Å². The van der Waals surface area contributed by atoms with Gasteiger partial charge < -0.3 is 5.11 Å². The maximum atomic E-state index is 12.4. The van der Waals surface area contributed by atoms with Crippen LogP contribution in [0.15, 0.2) is 45.8 Å². The number of carboxylic acid groups (broad SMARTS) is 1. The van der Waals surface area contributed by atoms with Crippen LogP contribution < -0.4 is 0 Å². The summed E-state index contributed by atoms with van der Waals surface area (Å²) >= 11 is 3.37. The fraction of sp³-hybridized carbons (Fsp3) is 0.154. The van der Waals surface area contributed by atoms with Gasteiger partial charge in [0.05, 0.1) is 4.90 Å². The van der Waals surface area contributed by atoms with Crippen molar-refractivity contribution in [3.63, 3.8) is 0 Å². The predicted molar refractivity (Wildman–Crippen MR) is 79.1 cm³/mol. The first-order valence-electron chi connectivity index (χ1n) is 5.69. The van der Waals surface area contributed by atoms with Gasteiger partial charge in [-0.05, 0) is 17.5 Å². The molecule has 0 saturated heterocycles. The molecule has 1 N–H and O–H groups in total. The molecule has 0 aliphatic carbocycles. The fourth-order valence-electron chi connectivity index (χ4n) is 1.90. The highest BCUT2D eigenvalue weighted by Gasteiger charge is 2.25. The number of carbonyl (C=O) groups is 1. The zero-order chi connectivity index (χ0) is 14.9. The highest BCUT2D eigenvalue weighted by molar-refractivity contribution is 9.10. The van der Waals surface area contributed by atoms with Crippen LogP contribution >= 0.6 is 15.9 Å². The van der Waals surface area contributed by atoms with Gasteiger partial charge in [0.2, 0.25) is 10.0 Å². The standard InChI is InChI=1S/C13H12BrNO4S/c1-15(8-13(16)17)20(18,19)12-7-6-11(14)9-4-2-3-5-10(9)12/h2-7H,8H2,1H3,(H,16,17). The van der Waals surface area contributed by atoms with E-state index in [1.807, 2.05) is 6.07 Å². The zero-order valence-corrected chi connectivity index (χ0v) is 13.0. The van der Waals surface area contributed by atoms with Crippen LogP contribution in [-0.2, 0) is 14.8 Å². The molecule has 0 saturated carbocycles. The van der Waals surface area contributed by atoms with Gasteiger partial charge in [0.15, 0.2) is 0 Å². The molecule has 0 aromatic heterocycles. The Balaban J connectivity index is 2.64. The monoisotopic (exact) mass is 357 g/mol. The van der Waals surface area contributed by atoms with E-state index in [4.69, 9.17) is 5.11 Å². The van der Waals surface area contributed by atoms with E-state index in [-0.39, 0.29) is 4.90 Å². The van der Waals surface area contributed by atoms with E-state index in [0.717, 1.165) is 14.2 Å². The molecule has 0 heterocycles. The van der Waals surface area contributed by atoms with Gasteiger partial charge in [0.25, 0.3) is 0 Å². The first-order valence-corrected chi connectivity index (χ1v) is 7.92. The molecule has 106 valence electrons. The normalized spacial score (nSPS) is 11.9. The minimum Gasteiger partial charge on any atom is -0.480 e.